The number of carbonyl (C=O) groups excluding carboxylic acids is 3. The lowest BCUT2D eigenvalue weighted by Gasteiger charge is -2.49. The van der Waals surface area contributed by atoms with Crippen molar-refractivity contribution >= 4 is 73.5 Å². The Bertz CT molecular complexity index is 1540. The second-order valence-electron chi connectivity index (χ2n) is 9.08. The number of oxime groups is 1. The molecule has 2 aliphatic rings. The maximum absolute atomic E-state index is 13.8. The zero-order valence-electron chi connectivity index (χ0n) is 22.1. The van der Waals surface area contributed by atoms with Crippen molar-refractivity contribution in [1.29, 1.82) is 0 Å². The van der Waals surface area contributed by atoms with Crippen LogP contribution in [0.3, 0.4) is 0 Å². The number of nitrogens with zero attached hydrogens (tertiary/aromatic N) is 4. The second-order valence-corrected chi connectivity index (χ2v) is 12.2. The molecule has 3 atom stereocenters. The van der Waals surface area contributed by atoms with Crippen LogP contribution in [0.5, 0.6) is 0 Å². The summed E-state index contributed by atoms with van der Waals surface area (Å²) in [4.78, 5) is 50.6. The van der Waals surface area contributed by atoms with Gasteiger partial charge in [-0.25, -0.2) is 4.79 Å². The van der Waals surface area contributed by atoms with Crippen LogP contribution in [-0.4, -0.2) is 70.2 Å². The van der Waals surface area contributed by atoms with Gasteiger partial charge in [0.2, 0.25) is 11.5 Å². The molecule has 218 valence electrons. The lowest BCUT2D eigenvalue weighted by molar-refractivity contribution is -0.154. The number of nitrogen functional groups attached to an aromatic ring is 1. The number of β-lactam (4-membered cyclic amide) rings is 1. The van der Waals surface area contributed by atoms with Crippen molar-refractivity contribution in [3.8, 4) is 0 Å². The largest absolute Gasteiger partial charge is 0.448 e. The molecule has 42 heavy (non-hydrogen) atoms. The number of fused-ring (bicyclic) bond motifs is 1. The minimum absolute atomic E-state index is 0.0403. The summed E-state index contributed by atoms with van der Waals surface area (Å²) in [6.45, 7) is 1.85. The predicted molar refractivity (Wildman–Crippen MR) is 165 cm³/mol. The Balaban J connectivity index is 1.41. The van der Waals surface area contributed by atoms with E-state index in [0.29, 0.717) is 10.0 Å². The lowest BCUT2D eigenvalue weighted by Crippen LogP contribution is -2.74. The molecule has 1 saturated heterocycles. The predicted octanol–water partition coefficient (Wildman–Crippen LogP) is 2.30. The number of amides is 2. The zero-order valence-corrected chi connectivity index (χ0v) is 25.9. The Morgan fingerprint density at radius 1 is 1.19 bits per heavy atom. The van der Waals surface area contributed by atoms with E-state index in [2.05, 4.69) is 42.4 Å². The van der Waals surface area contributed by atoms with Gasteiger partial charge < -0.3 is 20.6 Å². The number of ether oxygens (including phenoxy) is 1. The molecule has 2 unspecified atom stereocenters. The van der Waals surface area contributed by atoms with Gasteiger partial charge in [-0.3, -0.25) is 18.7 Å². The van der Waals surface area contributed by atoms with Gasteiger partial charge in [-0.2, -0.15) is 9.36 Å². The molecule has 2 aliphatic heterocycles. The number of halogens is 1. The summed E-state index contributed by atoms with van der Waals surface area (Å²) in [5, 5.41) is 5.49. The molecule has 5 rings (SSSR count). The van der Waals surface area contributed by atoms with E-state index in [1.165, 1.54) is 4.90 Å². The van der Waals surface area contributed by atoms with E-state index in [1.54, 1.807) is 6.92 Å². The van der Waals surface area contributed by atoms with E-state index < -0.39 is 46.1 Å². The third kappa shape index (κ3) is 5.94. The van der Waals surface area contributed by atoms with Crippen molar-refractivity contribution in [2.75, 3.05) is 22.5 Å². The van der Waals surface area contributed by atoms with Crippen LogP contribution in [0.1, 0.15) is 30.0 Å². The van der Waals surface area contributed by atoms with E-state index in [1.807, 2.05) is 60.7 Å². The second kappa shape index (κ2) is 13.1. The third-order valence-corrected chi connectivity index (χ3v) is 9.55. The SMILES string of the molecule is CCON=C(C(=O)NC1C(=O)N2C(C(=O)OC(c3ccccc3)c3ccccc3)=C(CI)CS(=O)[C@@H]12)c1nsc(N)n1. The first-order chi connectivity index (χ1) is 20.3. The monoisotopic (exact) mass is 720 g/mol. The molecule has 0 radical (unpaired) electrons. The van der Waals surface area contributed by atoms with Crippen LogP contribution in [0.15, 0.2) is 77.1 Å². The first kappa shape index (κ1) is 29.8. The molecule has 1 aromatic heterocycles. The molecular weight excluding hydrogens is 695 g/mol. The fourth-order valence-electron chi connectivity index (χ4n) is 4.55. The van der Waals surface area contributed by atoms with Crippen LogP contribution in [-0.2, 0) is 34.8 Å². The Kier molecular flexibility index (Phi) is 9.27. The highest BCUT2D eigenvalue weighted by Gasteiger charge is 2.57. The Morgan fingerprint density at radius 3 is 2.38 bits per heavy atom. The molecule has 2 aromatic carbocycles. The lowest BCUT2D eigenvalue weighted by atomic mass is 10.0. The smallest absolute Gasteiger partial charge is 0.356 e. The standard InChI is InChI=1S/C27H25IN6O6S2/c1-2-39-32-18(22-31-27(29)41-33-22)23(35)30-19-24(36)34-20(17(13-28)14-42(38)25(19)34)26(37)40-21(15-9-5-3-6-10-15)16-11-7-4-8-12-16/h3-12,19,21,25H,2,13-14H2,1H3,(H,30,35)(H2,29,31,33)/t19?,25-,42?/m0/s1. The fourth-order valence-corrected chi connectivity index (χ4v) is 7.66. The van der Waals surface area contributed by atoms with Gasteiger partial charge in [-0.15, -0.1) is 0 Å². The normalized spacial score (nSPS) is 20.2. The molecule has 0 aliphatic carbocycles. The topological polar surface area (TPSA) is 166 Å². The van der Waals surface area contributed by atoms with Crippen molar-refractivity contribution in [3.05, 3.63) is 88.9 Å². The summed E-state index contributed by atoms with van der Waals surface area (Å²) in [5.74, 6) is -2.16. The highest BCUT2D eigenvalue weighted by atomic mass is 127. The molecule has 2 amide bonds. The van der Waals surface area contributed by atoms with Gasteiger partial charge in [0, 0.05) is 16.0 Å². The van der Waals surface area contributed by atoms with Gasteiger partial charge >= 0.3 is 5.97 Å². The first-order valence-electron chi connectivity index (χ1n) is 12.7. The van der Waals surface area contributed by atoms with Crippen molar-refractivity contribution in [3.63, 3.8) is 0 Å². The highest BCUT2D eigenvalue weighted by molar-refractivity contribution is 14.1. The number of anilines is 1. The summed E-state index contributed by atoms with van der Waals surface area (Å²) in [5.41, 5.74) is 7.44. The summed E-state index contributed by atoms with van der Waals surface area (Å²) in [6.07, 6.45) is -0.740. The molecule has 0 spiro atoms. The van der Waals surface area contributed by atoms with Crippen LogP contribution >= 0.6 is 34.1 Å². The van der Waals surface area contributed by atoms with Gasteiger partial charge in [0.15, 0.2) is 11.2 Å². The van der Waals surface area contributed by atoms with Crippen LogP contribution in [0.2, 0.25) is 0 Å². The first-order valence-corrected chi connectivity index (χ1v) is 16.4. The number of benzene rings is 2. The number of alkyl halides is 1. The molecule has 0 bridgehead atoms. The van der Waals surface area contributed by atoms with Crippen LogP contribution < -0.4 is 11.1 Å². The Labute approximate surface area is 261 Å². The summed E-state index contributed by atoms with van der Waals surface area (Å²) < 4.78 is 23.7. The number of hydrogen-bond donors (Lipinski definition) is 2. The molecule has 3 N–H and O–H groups in total. The fraction of sp³-hybridized carbons (Fsp3) is 0.259. The maximum Gasteiger partial charge on any atom is 0.356 e. The maximum atomic E-state index is 13.8. The number of nitrogens with two attached hydrogens (primary N) is 1. The molecule has 1 fully saturated rings. The average Bonchev–Trinajstić information content (AvgIpc) is 3.44. The molecule has 3 aromatic rings. The van der Waals surface area contributed by atoms with E-state index in [4.69, 9.17) is 15.3 Å². The zero-order chi connectivity index (χ0) is 29.8. The van der Waals surface area contributed by atoms with Gasteiger partial charge in [0.05, 0.1) is 16.6 Å². The van der Waals surface area contributed by atoms with E-state index >= 15 is 0 Å². The highest BCUT2D eigenvalue weighted by Crippen LogP contribution is 2.37. The number of hydrogen-bond acceptors (Lipinski definition) is 11. The van der Waals surface area contributed by atoms with E-state index in [-0.39, 0.29) is 34.7 Å². The van der Waals surface area contributed by atoms with Crippen LogP contribution in [0.4, 0.5) is 5.13 Å². The van der Waals surface area contributed by atoms with Gasteiger partial charge in [0.1, 0.15) is 23.7 Å². The number of esters is 1. The minimum Gasteiger partial charge on any atom is -0.448 e. The van der Waals surface area contributed by atoms with Crippen molar-refractivity contribution in [2.24, 2.45) is 5.16 Å². The van der Waals surface area contributed by atoms with Crippen LogP contribution in [0.25, 0.3) is 0 Å². The average molecular weight is 721 g/mol. The van der Waals surface area contributed by atoms with E-state index in [9.17, 15) is 18.6 Å². The number of rotatable bonds is 10. The summed E-state index contributed by atoms with van der Waals surface area (Å²) >= 11 is 2.93. The van der Waals surface area contributed by atoms with Crippen molar-refractivity contribution in [2.45, 2.75) is 24.4 Å². The summed E-state index contributed by atoms with van der Waals surface area (Å²) in [6, 6.07) is 17.3. The molecule has 15 heteroatoms. The minimum atomic E-state index is -1.61. The molecular formula is C27H25IN6O6S2. The Hall–Kier alpha value is -3.70. The number of nitrogens with one attached hydrogen (secondary N) is 1. The number of carbonyl (C=O) groups is 3. The quantitative estimate of drug-likeness (QED) is 0.0799. The van der Waals surface area contributed by atoms with Crippen molar-refractivity contribution in [1.82, 2.24) is 19.6 Å². The van der Waals surface area contributed by atoms with Gasteiger partial charge in [0.25, 0.3) is 11.8 Å². The molecule has 12 nitrogen and oxygen atoms in total. The number of aromatic nitrogens is 2. The van der Waals surface area contributed by atoms with Gasteiger partial charge in [-0.1, -0.05) is 88.4 Å². The van der Waals surface area contributed by atoms with E-state index in [0.717, 1.165) is 22.7 Å². The molecule has 3 heterocycles. The van der Waals surface area contributed by atoms with Gasteiger partial charge in [-0.05, 0) is 23.6 Å². The Morgan fingerprint density at radius 2 is 1.83 bits per heavy atom. The van der Waals surface area contributed by atoms with Crippen molar-refractivity contribution < 1.29 is 28.2 Å². The summed E-state index contributed by atoms with van der Waals surface area (Å²) in [7, 11) is -1.61. The molecule has 0 saturated carbocycles. The van der Waals surface area contributed by atoms with Crippen LogP contribution in [0, 0.1) is 0 Å². The third-order valence-electron chi connectivity index (χ3n) is 6.43.